The number of rotatable bonds is 10. The minimum absolute atomic E-state index is 0.0176. The Hall–Kier alpha value is -3.59. The SMILES string of the molecule is CCCN(CCC)C(=O)C1=Cc2c(cc(-c3ccc4c(=O)n(CCSC)ncc4c3)cc2OC)N=C(N)C1. The number of ether oxygens (including phenoxy) is 1. The van der Waals surface area contributed by atoms with Gasteiger partial charge in [0, 0.05) is 41.8 Å². The van der Waals surface area contributed by atoms with Crippen LogP contribution in [0.4, 0.5) is 5.69 Å². The molecule has 38 heavy (non-hydrogen) atoms. The fraction of sp³-hybridized carbons (Fsp3) is 0.379. The van der Waals surface area contributed by atoms with E-state index in [4.69, 9.17) is 10.5 Å². The molecule has 0 unspecified atom stereocenters. The molecule has 0 saturated carbocycles. The van der Waals surface area contributed by atoms with Gasteiger partial charge in [0.1, 0.15) is 11.6 Å². The van der Waals surface area contributed by atoms with Gasteiger partial charge in [0.15, 0.2) is 0 Å². The fourth-order valence-corrected chi connectivity index (χ4v) is 5.05. The number of amides is 1. The van der Waals surface area contributed by atoms with Gasteiger partial charge in [-0.25, -0.2) is 9.67 Å². The number of carbonyl (C=O) groups excluding carboxylic acids is 1. The van der Waals surface area contributed by atoms with E-state index < -0.39 is 0 Å². The summed E-state index contributed by atoms with van der Waals surface area (Å²) >= 11 is 1.68. The molecule has 200 valence electrons. The summed E-state index contributed by atoms with van der Waals surface area (Å²) in [7, 11) is 1.61. The quantitative estimate of drug-likeness (QED) is 0.399. The first-order chi connectivity index (χ1) is 18.4. The van der Waals surface area contributed by atoms with Crippen LogP contribution < -0.4 is 16.0 Å². The lowest BCUT2D eigenvalue weighted by Crippen LogP contribution is -2.34. The second-order valence-electron chi connectivity index (χ2n) is 9.32. The fourth-order valence-electron chi connectivity index (χ4n) is 4.70. The van der Waals surface area contributed by atoms with Gasteiger partial charge in [-0.2, -0.15) is 16.9 Å². The molecular weight excluding hydrogens is 498 g/mol. The minimum Gasteiger partial charge on any atom is -0.496 e. The molecule has 1 aliphatic rings. The number of methoxy groups -OCH3 is 1. The molecule has 3 aromatic rings. The van der Waals surface area contributed by atoms with Gasteiger partial charge >= 0.3 is 0 Å². The summed E-state index contributed by atoms with van der Waals surface area (Å²) in [6.07, 6.45) is 7.66. The molecule has 0 aliphatic carbocycles. The van der Waals surface area contributed by atoms with Crippen molar-refractivity contribution in [3.05, 3.63) is 58.0 Å². The number of thioether (sulfide) groups is 1. The highest BCUT2D eigenvalue weighted by Crippen LogP contribution is 2.39. The lowest BCUT2D eigenvalue weighted by Gasteiger charge is -2.22. The maximum absolute atomic E-state index is 13.4. The molecule has 2 N–H and O–H groups in total. The highest BCUT2D eigenvalue weighted by atomic mass is 32.2. The summed E-state index contributed by atoms with van der Waals surface area (Å²) < 4.78 is 7.27. The molecule has 1 aliphatic heterocycles. The average Bonchev–Trinajstić information content (AvgIpc) is 3.09. The zero-order chi connectivity index (χ0) is 27.2. The third-order valence-corrected chi connectivity index (χ3v) is 7.13. The number of hydrogen-bond acceptors (Lipinski definition) is 7. The maximum Gasteiger partial charge on any atom is 0.274 e. The van der Waals surface area contributed by atoms with Crippen molar-refractivity contribution in [1.82, 2.24) is 14.7 Å². The third-order valence-electron chi connectivity index (χ3n) is 6.54. The molecule has 0 radical (unpaired) electrons. The van der Waals surface area contributed by atoms with Crippen molar-refractivity contribution in [3.8, 4) is 16.9 Å². The molecule has 1 aromatic heterocycles. The minimum atomic E-state index is -0.0949. The molecule has 1 amide bonds. The lowest BCUT2D eigenvalue weighted by molar-refractivity contribution is -0.127. The van der Waals surface area contributed by atoms with Crippen LogP contribution in [0.3, 0.4) is 0 Å². The molecule has 0 spiro atoms. The van der Waals surface area contributed by atoms with Crippen LogP contribution in [0, 0.1) is 0 Å². The number of hydrogen-bond donors (Lipinski definition) is 1. The van der Waals surface area contributed by atoms with Crippen molar-refractivity contribution >= 4 is 46.0 Å². The number of nitrogens with two attached hydrogens (primary N) is 1. The maximum atomic E-state index is 13.4. The van der Waals surface area contributed by atoms with E-state index in [0.29, 0.717) is 47.9 Å². The van der Waals surface area contributed by atoms with E-state index in [2.05, 4.69) is 23.9 Å². The first-order valence-corrected chi connectivity index (χ1v) is 14.3. The Morgan fingerprint density at radius 3 is 2.61 bits per heavy atom. The molecule has 4 rings (SSSR count). The summed E-state index contributed by atoms with van der Waals surface area (Å²) in [5, 5.41) is 5.75. The summed E-state index contributed by atoms with van der Waals surface area (Å²) in [5.41, 5.74) is 9.94. The zero-order valence-corrected chi connectivity index (χ0v) is 23.3. The number of fused-ring (bicyclic) bond motifs is 2. The van der Waals surface area contributed by atoms with Crippen LogP contribution in [0.1, 0.15) is 38.7 Å². The molecule has 0 bridgehead atoms. The van der Waals surface area contributed by atoms with Gasteiger partial charge in [-0.3, -0.25) is 9.59 Å². The molecule has 0 atom stereocenters. The number of carbonyl (C=O) groups is 1. The number of aryl methyl sites for hydroxylation is 1. The van der Waals surface area contributed by atoms with E-state index in [-0.39, 0.29) is 17.9 Å². The molecule has 0 fully saturated rings. The monoisotopic (exact) mass is 533 g/mol. The van der Waals surface area contributed by atoms with Crippen LogP contribution in [0.2, 0.25) is 0 Å². The van der Waals surface area contributed by atoms with Gasteiger partial charge in [0.25, 0.3) is 5.56 Å². The van der Waals surface area contributed by atoms with Crippen LogP contribution >= 0.6 is 11.8 Å². The van der Waals surface area contributed by atoms with Crippen molar-refractivity contribution in [2.45, 2.75) is 39.7 Å². The van der Waals surface area contributed by atoms with E-state index in [1.165, 1.54) is 4.68 Å². The van der Waals surface area contributed by atoms with Crippen LogP contribution in [-0.4, -0.2) is 58.6 Å². The van der Waals surface area contributed by atoms with Crippen LogP contribution in [-0.2, 0) is 11.3 Å². The zero-order valence-electron chi connectivity index (χ0n) is 22.5. The van der Waals surface area contributed by atoms with Crippen LogP contribution in [0.5, 0.6) is 5.75 Å². The number of aromatic nitrogens is 2. The Bertz CT molecular complexity index is 1450. The van der Waals surface area contributed by atoms with E-state index in [1.54, 1.807) is 25.1 Å². The number of aliphatic imine (C=N–C) groups is 1. The summed E-state index contributed by atoms with van der Waals surface area (Å²) in [5.74, 6) is 1.79. The second-order valence-corrected chi connectivity index (χ2v) is 10.3. The van der Waals surface area contributed by atoms with Crippen molar-refractivity contribution in [1.29, 1.82) is 0 Å². The topological polar surface area (TPSA) is 103 Å². The van der Waals surface area contributed by atoms with Gasteiger partial charge in [-0.05, 0) is 60.6 Å². The van der Waals surface area contributed by atoms with Gasteiger partial charge in [0.2, 0.25) is 5.91 Å². The predicted molar refractivity (Wildman–Crippen MR) is 157 cm³/mol. The standard InChI is InChI=1S/C29H35N5O3S/c1-5-9-33(10-6-2)28(35)21-14-24-25(32-27(30)17-21)15-20(16-26(24)37-3)19-7-8-23-22(13-19)18-31-34(29(23)36)11-12-38-4/h7-8,13-16,18H,5-6,9-12,17H2,1-4H3,(H2,30,32). The van der Waals surface area contributed by atoms with Gasteiger partial charge < -0.3 is 15.4 Å². The Balaban J connectivity index is 1.77. The summed E-state index contributed by atoms with van der Waals surface area (Å²) in [6, 6.07) is 9.58. The van der Waals surface area contributed by atoms with Crippen molar-refractivity contribution < 1.29 is 9.53 Å². The lowest BCUT2D eigenvalue weighted by atomic mass is 9.98. The Morgan fingerprint density at radius 2 is 1.92 bits per heavy atom. The molecular formula is C29H35N5O3S. The van der Waals surface area contributed by atoms with Crippen molar-refractivity contribution in [2.24, 2.45) is 10.7 Å². The van der Waals surface area contributed by atoms with E-state index >= 15 is 0 Å². The van der Waals surface area contributed by atoms with Gasteiger partial charge in [-0.15, -0.1) is 0 Å². The molecule has 8 nitrogen and oxygen atoms in total. The molecule has 2 heterocycles. The predicted octanol–water partition coefficient (Wildman–Crippen LogP) is 4.86. The normalized spacial score (nSPS) is 12.9. The first kappa shape index (κ1) is 27.4. The Kier molecular flexibility index (Phi) is 8.89. The number of benzene rings is 2. The van der Waals surface area contributed by atoms with Crippen LogP contribution in [0.15, 0.2) is 51.9 Å². The smallest absolute Gasteiger partial charge is 0.274 e. The first-order valence-electron chi connectivity index (χ1n) is 12.9. The highest BCUT2D eigenvalue weighted by Gasteiger charge is 2.23. The summed E-state index contributed by atoms with van der Waals surface area (Å²) in [4.78, 5) is 32.8. The van der Waals surface area contributed by atoms with Crippen LogP contribution in [0.25, 0.3) is 28.0 Å². The average molecular weight is 534 g/mol. The Labute approximate surface area is 227 Å². The van der Waals surface area contributed by atoms with Gasteiger partial charge in [0.05, 0.1) is 30.9 Å². The van der Waals surface area contributed by atoms with E-state index in [0.717, 1.165) is 40.7 Å². The summed E-state index contributed by atoms with van der Waals surface area (Å²) in [6.45, 7) is 6.10. The third kappa shape index (κ3) is 5.78. The van der Waals surface area contributed by atoms with Gasteiger partial charge in [-0.1, -0.05) is 19.9 Å². The largest absolute Gasteiger partial charge is 0.496 e. The van der Waals surface area contributed by atoms with Crippen molar-refractivity contribution in [2.75, 3.05) is 32.2 Å². The van der Waals surface area contributed by atoms with Crippen molar-refractivity contribution in [3.63, 3.8) is 0 Å². The molecule has 2 aromatic carbocycles. The Morgan fingerprint density at radius 1 is 1.16 bits per heavy atom. The van der Waals surface area contributed by atoms with E-state index in [9.17, 15) is 9.59 Å². The van der Waals surface area contributed by atoms with E-state index in [1.807, 2.05) is 47.6 Å². The molecule has 9 heteroatoms. The molecule has 0 saturated heterocycles. The highest BCUT2D eigenvalue weighted by molar-refractivity contribution is 7.98. The number of amidine groups is 1. The second kappa shape index (κ2) is 12.3. The number of nitrogens with zero attached hydrogens (tertiary/aromatic N) is 4.